The molecule has 0 aromatic heterocycles. The standard InChI is InChI=1S/C23H40N4O/c1-7-24-22(25-15-18-10-8-11-19(14-18)17-27(5)6)26-16-20-12-9-13-28-21(20)23(2,3)4/h8,10-11,14,20-21H,7,9,12-13,15-17H2,1-6H3,(H2,24,25,26). The molecule has 1 heterocycles. The van der Waals surface area contributed by atoms with Crippen LogP contribution in [0.3, 0.4) is 0 Å². The van der Waals surface area contributed by atoms with Gasteiger partial charge in [0, 0.05) is 32.2 Å². The molecule has 158 valence electrons. The highest BCUT2D eigenvalue weighted by molar-refractivity contribution is 5.79. The van der Waals surface area contributed by atoms with Crippen molar-refractivity contribution in [1.29, 1.82) is 0 Å². The Morgan fingerprint density at radius 3 is 2.64 bits per heavy atom. The summed E-state index contributed by atoms with van der Waals surface area (Å²) in [4.78, 5) is 7.00. The first kappa shape index (κ1) is 22.7. The van der Waals surface area contributed by atoms with Crippen molar-refractivity contribution in [2.75, 3.05) is 33.8 Å². The molecule has 5 heteroatoms. The molecule has 1 fully saturated rings. The van der Waals surface area contributed by atoms with Crippen LogP contribution < -0.4 is 10.6 Å². The predicted molar refractivity (Wildman–Crippen MR) is 119 cm³/mol. The average Bonchev–Trinajstić information content (AvgIpc) is 2.63. The fraction of sp³-hybridized carbons (Fsp3) is 0.696. The maximum atomic E-state index is 6.12. The molecule has 2 N–H and O–H groups in total. The lowest BCUT2D eigenvalue weighted by Gasteiger charge is -2.40. The van der Waals surface area contributed by atoms with Gasteiger partial charge in [0.15, 0.2) is 5.96 Å². The largest absolute Gasteiger partial charge is 0.377 e. The first-order valence-electron chi connectivity index (χ1n) is 10.7. The number of aliphatic imine (C=N–C) groups is 1. The Balaban J connectivity index is 1.98. The van der Waals surface area contributed by atoms with Gasteiger partial charge in [-0.1, -0.05) is 45.0 Å². The highest BCUT2D eigenvalue weighted by atomic mass is 16.5. The molecule has 0 spiro atoms. The Labute approximate surface area is 171 Å². The summed E-state index contributed by atoms with van der Waals surface area (Å²) >= 11 is 0. The van der Waals surface area contributed by atoms with Gasteiger partial charge in [-0.15, -0.1) is 0 Å². The van der Waals surface area contributed by atoms with E-state index in [2.05, 4.69) is 81.6 Å². The molecule has 0 saturated carbocycles. The van der Waals surface area contributed by atoms with Crippen LogP contribution in [0.15, 0.2) is 29.3 Å². The molecule has 2 atom stereocenters. The van der Waals surface area contributed by atoms with Gasteiger partial charge in [-0.3, -0.25) is 0 Å². The van der Waals surface area contributed by atoms with E-state index in [-0.39, 0.29) is 5.41 Å². The molecule has 0 bridgehead atoms. The van der Waals surface area contributed by atoms with Gasteiger partial charge in [0.2, 0.25) is 0 Å². The van der Waals surface area contributed by atoms with Gasteiger partial charge < -0.3 is 20.3 Å². The van der Waals surface area contributed by atoms with Crippen LogP contribution in [0.1, 0.15) is 51.7 Å². The second-order valence-electron chi connectivity index (χ2n) is 9.19. The van der Waals surface area contributed by atoms with E-state index < -0.39 is 0 Å². The maximum absolute atomic E-state index is 6.12. The van der Waals surface area contributed by atoms with E-state index >= 15 is 0 Å². The summed E-state index contributed by atoms with van der Waals surface area (Å²) in [5.41, 5.74) is 2.72. The molecule has 1 aliphatic rings. The molecule has 0 aliphatic carbocycles. The van der Waals surface area contributed by atoms with Crippen LogP contribution in [-0.2, 0) is 17.8 Å². The molecular weight excluding hydrogens is 348 g/mol. The summed E-state index contributed by atoms with van der Waals surface area (Å²) in [6, 6.07) is 8.69. The van der Waals surface area contributed by atoms with Crippen molar-refractivity contribution in [2.24, 2.45) is 16.3 Å². The summed E-state index contributed by atoms with van der Waals surface area (Å²) in [6.45, 7) is 13.2. The number of hydrogen-bond donors (Lipinski definition) is 2. The zero-order valence-corrected chi connectivity index (χ0v) is 18.7. The van der Waals surface area contributed by atoms with Crippen LogP contribution in [0, 0.1) is 11.3 Å². The number of nitrogens with zero attached hydrogens (tertiary/aromatic N) is 2. The van der Waals surface area contributed by atoms with Gasteiger partial charge in [-0.25, -0.2) is 4.99 Å². The van der Waals surface area contributed by atoms with Crippen LogP contribution in [0.2, 0.25) is 0 Å². The van der Waals surface area contributed by atoms with Crippen LogP contribution in [0.25, 0.3) is 0 Å². The van der Waals surface area contributed by atoms with E-state index in [1.807, 2.05) is 0 Å². The van der Waals surface area contributed by atoms with Crippen molar-refractivity contribution in [3.63, 3.8) is 0 Å². The van der Waals surface area contributed by atoms with Crippen molar-refractivity contribution in [3.8, 4) is 0 Å². The highest BCUT2D eigenvalue weighted by Gasteiger charge is 2.35. The third-order valence-electron chi connectivity index (χ3n) is 5.08. The number of hydrogen-bond acceptors (Lipinski definition) is 3. The lowest BCUT2D eigenvalue weighted by molar-refractivity contribution is -0.0835. The molecule has 5 nitrogen and oxygen atoms in total. The van der Waals surface area contributed by atoms with Crippen molar-refractivity contribution in [1.82, 2.24) is 15.5 Å². The second kappa shape index (κ2) is 10.8. The number of ether oxygens (including phenoxy) is 1. The maximum Gasteiger partial charge on any atom is 0.191 e. The Bertz CT molecular complexity index is 621. The summed E-state index contributed by atoms with van der Waals surface area (Å²) < 4.78 is 6.12. The second-order valence-corrected chi connectivity index (χ2v) is 9.19. The van der Waals surface area contributed by atoms with Gasteiger partial charge in [-0.05, 0) is 50.4 Å². The fourth-order valence-corrected chi connectivity index (χ4v) is 3.94. The van der Waals surface area contributed by atoms with Crippen molar-refractivity contribution < 1.29 is 4.74 Å². The Morgan fingerprint density at radius 2 is 1.96 bits per heavy atom. The van der Waals surface area contributed by atoms with Crippen molar-refractivity contribution in [2.45, 2.75) is 59.7 Å². The molecular formula is C23H40N4O. The molecule has 2 rings (SSSR count). The van der Waals surface area contributed by atoms with Crippen LogP contribution in [-0.4, -0.2) is 50.8 Å². The SMILES string of the molecule is CCNC(=NCc1cccc(CN(C)C)c1)NCC1CCCOC1C(C)(C)C. The average molecular weight is 389 g/mol. The molecule has 1 saturated heterocycles. The third-order valence-corrected chi connectivity index (χ3v) is 5.08. The molecule has 1 aliphatic heterocycles. The predicted octanol–water partition coefficient (Wildman–Crippen LogP) is 3.64. The molecule has 0 radical (unpaired) electrons. The first-order valence-corrected chi connectivity index (χ1v) is 10.7. The molecule has 2 unspecified atom stereocenters. The van der Waals surface area contributed by atoms with Crippen molar-refractivity contribution in [3.05, 3.63) is 35.4 Å². The van der Waals surface area contributed by atoms with Crippen LogP contribution in [0.5, 0.6) is 0 Å². The number of rotatable bonds is 7. The molecule has 0 amide bonds. The summed E-state index contributed by atoms with van der Waals surface area (Å²) in [5.74, 6) is 1.40. The Hall–Kier alpha value is -1.59. The number of nitrogens with one attached hydrogen (secondary N) is 2. The highest BCUT2D eigenvalue weighted by Crippen LogP contribution is 2.33. The van der Waals surface area contributed by atoms with E-state index in [0.717, 1.165) is 38.6 Å². The van der Waals surface area contributed by atoms with Gasteiger partial charge in [-0.2, -0.15) is 0 Å². The zero-order chi connectivity index (χ0) is 20.6. The van der Waals surface area contributed by atoms with E-state index in [9.17, 15) is 0 Å². The minimum Gasteiger partial charge on any atom is -0.377 e. The van der Waals surface area contributed by atoms with E-state index in [1.54, 1.807) is 0 Å². The fourth-order valence-electron chi connectivity index (χ4n) is 3.94. The number of guanidine groups is 1. The molecule has 1 aromatic carbocycles. The molecule has 28 heavy (non-hydrogen) atoms. The Morgan fingerprint density at radius 1 is 1.21 bits per heavy atom. The normalized spacial score (nSPS) is 21.0. The van der Waals surface area contributed by atoms with Gasteiger partial charge in [0.25, 0.3) is 0 Å². The van der Waals surface area contributed by atoms with Gasteiger partial charge in [0.1, 0.15) is 0 Å². The number of benzene rings is 1. The Kier molecular flexibility index (Phi) is 8.77. The van der Waals surface area contributed by atoms with Crippen molar-refractivity contribution >= 4 is 5.96 Å². The van der Waals surface area contributed by atoms with Gasteiger partial charge >= 0.3 is 0 Å². The third kappa shape index (κ3) is 7.44. The summed E-state index contributed by atoms with van der Waals surface area (Å²) in [5, 5.41) is 6.94. The minimum absolute atomic E-state index is 0.162. The summed E-state index contributed by atoms with van der Waals surface area (Å²) in [6.07, 6.45) is 2.64. The van der Waals surface area contributed by atoms with E-state index in [0.29, 0.717) is 18.6 Å². The topological polar surface area (TPSA) is 48.9 Å². The van der Waals surface area contributed by atoms with E-state index in [1.165, 1.54) is 17.5 Å². The zero-order valence-electron chi connectivity index (χ0n) is 18.7. The summed E-state index contributed by atoms with van der Waals surface area (Å²) in [7, 11) is 4.19. The quantitative estimate of drug-likeness (QED) is 0.553. The van der Waals surface area contributed by atoms with E-state index in [4.69, 9.17) is 9.73 Å². The smallest absolute Gasteiger partial charge is 0.191 e. The van der Waals surface area contributed by atoms with Crippen LogP contribution >= 0.6 is 0 Å². The monoisotopic (exact) mass is 388 g/mol. The lowest BCUT2D eigenvalue weighted by Crippen LogP contribution is -2.47. The lowest BCUT2D eigenvalue weighted by atomic mass is 9.78. The first-order chi connectivity index (χ1) is 13.3. The van der Waals surface area contributed by atoms with Gasteiger partial charge in [0.05, 0.1) is 12.6 Å². The minimum atomic E-state index is 0.162. The molecule has 1 aromatic rings. The van der Waals surface area contributed by atoms with Crippen LogP contribution in [0.4, 0.5) is 0 Å².